The zero-order valence-electron chi connectivity index (χ0n) is 42.1. The first-order chi connectivity index (χ1) is 33.2. The molecule has 2 aliphatic rings. The molecule has 0 radical (unpaired) electrons. The fourth-order valence-electron chi connectivity index (χ4n) is 6.70. The second-order valence-corrected chi connectivity index (χ2v) is 19.1. The van der Waals surface area contributed by atoms with Gasteiger partial charge in [-0.15, -0.1) is 30.9 Å². The fraction of sp³-hybridized carbons (Fsp3) is 0.976. The van der Waals surface area contributed by atoms with Crippen LogP contribution in [0, 0.1) is 0 Å². The van der Waals surface area contributed by atoms with Gasteiger partial charge in [-0.05, 0) is 108 Å². The van der Waals surface area contributed by atoms with Gasteiger partial charge in [-0.25, -0.2) is 0 Å². The van der Waals surface area contributed by atoms with E-state index < -0.39 is 0 Å². The molecule has 0 aromatic carbocycles. The zero-order valence-corrected chi connectivity index (χ0v) is 56.1. The minimum atomic E-state index is -0.193. The van der Waals surface area contributed by atoms with Gasteiger partial charge in [-0.3, -0.25) is 0 Å². The van der Waals surface area contributed by atoms with Gasteiger partial charge in [-0.2, -0.15) is 85.1 Å². The molecule has 27 heteroatoms. The van der Waals surface area contributed by atoms with Gasteiger partial charge in [0.25, 0.3) is 0 Å². The van der Waals surface area contributed by atoms with Crippen LogP contribution in [0.25, 0.3) is 31.9 Å². The summed E-state index contributed by atoms with van der Waals surface area (Å²) in [7, 11) is 0. The van der Waals surface area contributed by atoms with E-state index in [1.165, 1.54) is 0 Å². The molecule has 15 nitrogen and oxygen atoms in total. The van der Waals surface area contributed by atoms with E-state index in [4.69, 9.17) is 113 Å². The first kappa shape index (κ1) is 84.0. The van der Waals surface area contributed by atoms with Crippen LogP contribution in [-0.2, 0) is 195 Å². The summed E-state index contributed by atoms with van der Waals surface area (Å²) in [5.41, 5.74) is 0. The maximum atomic E-state index is 10.8. The quantitative estimate of drug-likeness (QED) is 0.0740. The van der Waals surface area contributed by atoms with Gasteiger partial charge < -0.3 is 157 Å². The van der Waals surface area contributed by atoms with Crippen LogP contribution >= 0.6 is 0 Å². The van der Waals surface area contributed by atoms with Crippen molar-refractivity contribution in [3.8, 4) is 0 Å². The number of carbonyl (C=O) groups excluding carboxylic acids is 1. The summed E-state index contributed by atoms with van der Waals surface area (Å²) < 4.78 is 32.9. The number of nitrogens with zero attached hydrogens (tertiary/aromatic N) is 10. The van der Waals surface area contributed by atoms with Gasteiger partial charge in [0.15, 0.2) is 0 Å². The van der Waals surface area contributed by atoms with E-state index in [0.29, 0.717) is 72.1 Å². The van der Waals surface area contributed by atoms with E-state index in [1.54, 1.807) is 0 Å². The fourth-order valence-corrected chi connectivity index (χ4v) is 7.81. The number of likely N-dealkylation sites (tertiary alicyclic amines) is 2. The van der Waals surface area contributed by atoms with Crippen molar-refractivity contribution in [2.75, 3.05) is 144 Å². The van der Waals surface area contributed by atoms with Crippen molar-refractivity contribution in [2.24, 2.45) is 0 Å². The summed E-state index contributed by atoms with van der Waals surface area (Å²) in [4.78, 5) is 20.4. The Morgan fingerprint density at radius 2 is 0.797 bits per heavy atom. The van der Waals surface area contributed by atoms with E-state index in [9.17, 15) is 4.79 Å². The van der Waals surface area contributed by atoms with E-state index in [-0.39, 0.29) is 11.7 Å². The molecule has 0 bridgehead atoms. The van der Waals surface area contributed by atoms with Gasteiger partial charge in [0.1, 0.15) is 0 Å². The Balaban J connectivity index is -0.000000184. The predicted molar refractivity (Wildman–Crippen MR) is 291 cm³/mol. The Labute approximate surface area is 507 Å². The van der Waals surface area contributed by atoms with Crippen LogP contribution in [0.4, 0.5) is 0 Å². The van der Waals surface area contributed by atoms with Gasteiger partial charge in [0.2, 0.25) is 0 Å². The molecule has 0 saturated carbocycles. The summed E-state index contributed by atoms with van der Waals surface area (Å²) in [6.45, 7) is 31.0. The maximum absolute atomic E-state index is 10.8. The molecule has 0 aliphatic carbocycles. The monoisotopic (exact) mass is 1450 g/mol. The molecule has 2 aliphatic heterocycles. The topological polar surface area (TPSA) is 183 Å². The molecule has 69 heavy (non-hydrogen) atoms. The summed E-state index contributed by atoms with van der Waals surface area (Å²) in [5, 5.41) is 26.9. The third-order valence-corrected chi connectivity index (χ3v) is 11.8. The Hall–Kier alpha value is 3.71. The molecule has 0 aromatic rings. The van der Waals surface area contributed by atoms with Gasteiger partial charge in [0, 0.05) is 30.1 Å². The summed E-state index contributed by atoms with van der Waals surface area (Å²) in [6.07, 6.45) is 2.22. The normalized spacial score (nSPS) is 17.9. The third-order valence-electron chi connectivity index (χ3n) is 10.2. The first-order valence-electron chi connectivity index (χ1n) is 22.9. The molecule has 0 aromatic heterocycles. The zero-order chi connectivity index (χ0) is 54.4. The Kier molecular flexibility index (Phi) is 80.3. The van der Waals surface area contributed by atoms with Gasteiger partial charge in [-0.1, -0.05) is 12.8 Å². The molecule has 0 spiro atoms. The van der Waals surface area contributed by atoms with Crippen molar-refractivity contribution in [2.45, 2.75) is 117 Å². The average molecular weight is 1460 g/mol. The van der Waals surface area contributed by atoms with Crippen LogP contribution in [0.5, 0.6) is 0 Å². The standard InChI is InChI=1S/C13H27N3S2.C11H23N3S2.C9H20N2OS2.C9H21N2S2.4O.4Tc/c1-11(2)16-7-3-12(14-5-9-17)13(4-8-16)15-6-10-18;1-9(2)14-7-10(12-3-5-15)11(8-14)13-4-6-16;1-8(2)11(5-6-13)4-3-10-9(12)7-14;1-9(2)11(6-8-13)5-3-10-4-7-12;;;;;;;;/h11-13,17-18H,3-10H2,1-2H3;9-11,15-16H,3-8H2,1-2H3;8H,3-7H2,1-2H3,(H3,10,12,13,14);9,12-13H,3-8H2,1-2H3;;;;;;;;/q2*-2;;-1;;;;;4*+4/p-9/t12-,13-;10-,11-;;;;;;;;;;/m11........../s1. The van der Waals surface area contributed by atoms with Crippen LogP contribution in [-0.4, -0.2) is 218 Å². The van der Waals surface area contributed by atoms with Gasteiger partial charge >= 0.3 is 89.4 Å². The Morgan fingerprint density at radius 1 is 0.464 bits per heavy atom. The van der Waals surface area contributed by atoms with E-state index in [0.717, 1.165) is 203 Å². The molecule has 1 amide bonds. The molecule has 0 N–H and O–H groups in total. The van der Waals surface area contributed by atoms with E-state index >= 15 is 0 Å². The number of hydrogen-bond donors (Lipinski definition) is 0. The second-order valence-electron chi connectivity index (χ2n) is 15.9. The number of amides is 1. The minimum absolute atomic E-state index is 0.0860. The van der Waals surface area contributed by atoms with E-state index in [1.807, 2.05) is 0 Å². The number of rotatable bonds is 29. The molecular weight excluding hydrogens is 1370 g/mol. The molecule has 4 atom stereocenters. The van der Waals surface area contributed by atoms with Crippen LogP contribution < -0.4 is 0 Å². The number of hydrogen-bond acceptors (Lipinski definition) is 17. The van der Waals surface area contributed by atoms with Crippen LogP contribution in [0.1, 0.15) is 68.2 Å². The van der Waals surface area contributed by atoms with Gasteiger partial charge in [0.05, 0.1) is 0 Å². The molecule has 2 rings (SSSR count). The SMILES string of the molecule is CC(C)N(CC[S-])CC[N-]C(=O)C[S-].CC(C)N(CC[S-])CC[N-]CC[S-].CC(C)N1CC[C@@H]([N-]CC[S-])[C@H]([N-]CC[S-])CC1.CC(C)N1C[C@@H]([N-]CC[S-])[C@H]([N-]CC[S-])C1.[O]=[Tc+4].[O]=[Tc+4].[O]=[Tc+4].[O]=[Tc+4]. The van der Waals surface area contributed by atoms with Crippen molar-refractivity contribution < 1.29 is 94.2 Å². The van der Waals surface area contributed by atoms with Crippen LogP contribution in [0.2, 0.25) is 0 Å². The van der Waals surface area contributed by atoms with Crippen molar-refractivity contribution in [3.05, 3.63) is 31.9 Å². The average Bonchev–Trinajstić information content (AvgIpc) is 3.67. The van der Waals surface area contributed by atoms with Crippen molar-refractivity contribution >= 4 is 107 Å². The molecule has 2 saturated heterocycles. The van der Waals surface area contributed by atoms with Crippen LogP contribution in [0.15, 0.2) is 0 Å². The molecule has 404 valence electrons. The third kappa shape index (κ3) is 52.2. The summed E-state index contributed by atoms with van der Waals surface area (Å²) >= 11 is 42.7. The van der Waals surface area contributed by atoms with Crippen molar-refractivity contribution in [1.29, 1.82) is 0 Å². The summed E-state index contributed by atoms with van der Waals surface area (Å²) in [6, 6.07) is 3.61. The van der Waals surface area contributed by atoms with Crippen molar-refractivity contribution in [3.63, 3.8) is 0 Å². The molecule has 0 unspecified atom stereocenters. The predicted octanol–water partition coefficient (Wildman–Crippen LogP) is 4.73. The van der Waals surface area contributed by atoms with E-state index in [2.05, 4.69) is 109 Å². The first-order valence-corrected chi connectivity index (χ1v) is 30.6. The van der Waals surface area contributed by atoms with Crippen LogP contribution in [0.3, 0.4) is 0 Å². The molecule has 2 fully saturated rings. The number of carbonyl (C=O) groups is 1. The second kappa shape index (κ2) is 66.0. The Bertz CT molecular complexity index is 1030. The molecular formula is C42H82N10O5S8Tc4+2. The summed E-state index contributed by atoms with van der Waals surface area (Å²) in [5.74, 6) is 5.02. The van der Waals surface area contributed by atoms with Crippen molar-refractivity contribution in [1.82, 2.24) is 19.6 Å². The Morgan fingerprint density at radius 3 is 1.09 bits per heavy atom. The molecule has 2 heterocycles.